The maximum Gasteiger partial charge on any atom is 0.420 e. The van der Waals surface area contributed by atoms with E-state index in [2.05, 4.69) is 16.0 Å². The monoisotopic (exact) mass is 457 g/mol. The van der Waals surface area contributed by atoms with E-state index in [1.165, 1.54) is 24.8 Å². The number of halogens is 3. The highest BCUT2D eigenvalue weighted by Crippen LogP contribution is 2.41. The van der Waals surface area contributed by atoms with E-state index in [4.69, 9.17) is 0 Å². The average molecular weight is 458 g/mol. The van der Waals surface area contributed by atoms with E-state index < -0.39 is 11.7 Å². The fourth-order valence-corrected chi connectivity index (χ4v) is 5.19. The van der Waals surface area contributed by atoms with Crippen molar-refractivity contribution >= 4 is 23.4 Å². The molecule has 1 aromatic heterocycles. The Morgan fingerprint density at radius 2 is 1.66 bits per heavy atom. The van der Waals surface area contributed by atoms with E-state index >= 15 is 0 Å². The molecule has 0 saturated heterocycles. The first kappa shape index (κ1) is 22.6. The van der Waals surface area contributed by atoms with Gasteiger partial charge in [0.25, 0.3) is 0 Å². The van der Waals surface area contributed by atoms with Gasteiger partial charge in [-0.3, -0.25) is 0 Å². The molecule has 7 heteroatoms. The largest absolute Gasteiger partial charge is 0.420 e. The molecular weight excluding hydrogens is 431 g/mol. The van der Waals surface area contributed by atoms with E-state index in [1.54, 1.807) is 24.3 Å². The van der Waals surface area contributed by atoms with Gasteiger partial charge in [-0.1, -0.05) is 67.4 Å². The lowest BCUT2D eigenvalue weighted by atomic mass is 9.83. The lowest BCUT2D eigenvalue weighted by Gasteiger charge is -2.29. The molecule has 1 fully saturated rings. The minimum atomic E-state index is -4.52. The van der Waals surface area contributed by atoms with Crippen LogP contribution in [0.4, 0.5) is 24.8 Å². The van der Waals surface area contributed by atoms with E-state index in [0.29, 0.717) is 23.3 Å². The molecule has 0 bridgehead atoms. The van der Waals surface area contributed by atoms with Crippen LogP contribution in [0, 0.1) is 0 Å². The zero-order valence-electron chi connectivity index (χ0n) is 18.0. The first-order valence-electron chi connectivity index (χ1n) is 11.0. The van der Waals surface area contributed by atoms with Gasteiger partial charge < -0.3 is 4.90 Å². The van der Waals surface area contributed by atoms with Crippen molar-refractivity contribution in [2.24, 2.45) is 0 Å². The molecule has 3 aromatic rings. The summed E-state index contributed by atoms with van der Waals surface area (Å²) in [5.74, 6) is 0.754. The Morgan fingerprint density at radius 3 is 2.34 bits per heavy atom. The number of para-hydroxylation sites is 1. The minimum absolute atomic E-state index is 0.0812. The quantitative estimate of drug-likeness (QED) is 0.352. The molecular formula is C25H26F3N3S. The molecule has 0 N–H and O–H groups in total. The SMILES string of the molecule is CCN(c1ncc(C(F)(F)F)c(Sc2ccccc2)n1)c1ccccc1C1CCCCC1. The van der Waals surface area contributed by atoms with Gasteiger partial charge in [0.15, 0.2) is 0 Å². The van der Waals surface area contributed by atoms with Gasteiger partial charge in [-0.2, -0.15) is 13.2 Å². The van der Waals surface area contributed by atoms with Crippen LogP contribution in [0.1, 0.15) is 56.1 Å². The zero-order valence-corrected chi connectivity index (χ0v) is 18.8. The highest BCUT2D eigenvalue weighted by atomic mass is 32.2. The van der Waals surface area contributed by atoms with Gasteiger partial charge in [-0.15, -0.1) is 0 Å². The highest BCUT2D eigenvalue weighted by molar-refractivity contribution is 7.99. The lowest BCUT2D eigenvalue weighted by Crippen LogP contribution is -2.22. The van der Waals surface area contributed by atoms with E-state index in [1.807, 2.05) is 36.1 Å². The topological polar surface area (TPSA) is 29.0 Å². The van der Waals surface area contributed by atoms with Crippen molar-refractivity contribution in [3.8, 4) is 0 Å². The summed E-state index contributed by atoms with van der Waals surface area (Å²) in [5.41, 5.74) is 1.40. The Bertz CT molecular complexity index is 1030. The van der Waals surface area contributed by atoms with Gasteiger partial charge in [-0.05, 0) is 49.4 Å². The van der Waals surface area contributed by atoms with Crippen LogP contribution < -0.4 is 4.90 Å². The Labute approximate surface area is 191 Å². The van der Waals surface area contributed by atoms with Crippen molar-refractivity contribution in [3.05, 3.63) is 71.9 Å². The number of hydrogen-bond donors (Lipinski definition) is 0. The van der Waals surface area contributed by atoms with Crippen molar-refractivity contribution in [2.75, 3.05) is 11.4 Å². The summed E-state index contributed by atoms with van der Waals surface area (Å²) in [6.45, 7) is 2.53. The first-order valence-corrected chi connectivity index (χ1v) is 11.8. The Hall–Kier alpha value is -2.54. The fraction of sp³-hybridized carbons (Fsp3) is 0.360. The summed E-state index contributed by atoms with van der Waals surface area (Å²) in [4.78, 5) is 11.2. The molecule has 168 valence electrons. The summed E-state index contributed by atoms with van der Waals surface area (Å²) < 4.78 is 41.1. The molecule has 0 amide bonds. The normalized spacial score (nSPS) is 15.0. The molecule has 0 aliphatic heterocycles. The van der Waals surface area contributed by atoms with E-state index in [9.17, 15) is 13.2 Å². The maximum atomic E-state index is 13.7. The van der Waals surface area contributed by atoms with Crippen LogP contribution in [0.25, 0.3) is 0 Å². The van der Waals surface area contributed by atoms with Crippen LogP contribution in [0.5, 0.6) is 0 Å². The minimum Gasteiger partial charge on any atom is -0.311 e. The zero-order chi connectivity index (χ0) is 22.6. The predicted octanol–water partition coefficient (Wildman–Crippen LogP) is 7.85. The summed E-state index contributed by atoms with van der Waals surface area (Å²) in [6.07, 6.45) is 2.35. The number of aromatic nitrogens is 2. The van der Waals surface area contributed by atoms with Crippen molar-refractivity contribution in [1.82, 2.24) is 9.97 Å². The van der Waals surface area contributed by atoms with Crippen molar-refractivity contribution in [3.63, 3.8) is 0 Å². The molecule has 0 unspecified atom stereocenters. The second-order valence-electron chi connectivity index (χ2n) is 7.94. The molecule has 3 nitrogen and oxygen atoms in total. The van der Waals surface area contributed by atoms with Crippen LogP contribution in [0.3, 0.4) is 0 Å². The van der Waals surface area contributed by atoms with Crippen LogP contribution in [0.15, 0.2) is 70.7 Å². The Morgan fingerprint density at radius 1 is 0.969 bits per heavy atom. The lowest BCUT2D eigenvalue weighted by molar-refractivity contribution is -0.140. The Balaban J connectivity index is 1.74. The third kappa shape index (κ3) is 5.09. The number of rotatable bonds is 6. The molecule has 2 aromatic carbocycles. The third-order valence-corrected chi connectivity index (χ3v) is 6.85. The van der Waals surface area contributed by atoms with Crippen LogP contribution in [-0.2, 0) is 6.18 Å². The molecule has 0 atom stereocenters. The molecule has 32 heavy (non-hydrogen) atoms. The number of benzene rings is 2. The summed E-state index contributed by atoms with van der Waals surface area (Å²) >= 11 is 1.01. The van der Waals surface area contributed by atoms with Gasteiger partial charge in [0.2, 0.25) is 5.95 Å². The van der Waals surface area contributed by atoms with E-state index in [-0.39, 0.29) is 5.03 Å². The smallest absolute Gasteiger partial charge is 0.311 e. The second-order valence-corrected chi connectivity index (χ2v) is 9.00. The molecule has 0 radical (unpaired) electrons. The molecule has 0 spiro atoms. The van der Waals surface area contributed by atoms with Gasteiger partial charge in [0.1, 0.15) is 10.6 Å². The molecule has 1 aliphatic rings. The second kappa shape index (κ2) is 9.94. The van der Waals surface area contributed by atoms with Gasteiger partial charge in [0, 0.05) is 23.3 Å². The average Bonchev–Trinajstić information content (AvgIpc) is 2.81. The van der Waals surface area contributed by atoms with Gasteiger partial charge in [0.05, 0.1) is 0 Å². The van der Waals surface area contributed by atoms with Crippen molar-refractivity contribution in [2.45, 2.75) is 61.0 Å². The summed E-state index contributed by atoms with van der Waals surface area (Å²) in [6, 6.07) is 17.2. The standard InChI is InChI=1S/C25H26F3N3S/c1-2-31(22-16-10-9-15-20(22)18-11-5-3-6-12-18)24-29-17-21(25(26,27)28)23(30-24)32-19-13-7-4-8-14-19/h4,7-10,13-18H,2-3,5-6,11-12H2,1H3. The predicted molar refractivity (Wildman–Crippen MR) is 123 cm³/mol. The number of nitrogens with zero attached hydrogens (tertiary/aromatic N) is 3. The maximum absolute atomic E-state index is 13.7. The van der Waals surface area contributed by atoms with Crippen LogP contribution >= 0.6 is 11.8 Å². The van der Waals surface area contributed by atoms with Crippen LogP contribution in [0.2, 0.25) is 0 Å². The fourth-order valence-electron chi connectivity index (χ4n) is 4.27. The molecule has 1 aliphatic carbocycles. The van der Waals surface area contributed by atoms with Crippen molar-refractivity contribution < 1.29 is 13.2 Å². The summed E-state index contributed by atoms with van der Waals surface area (Å²) in [7, 11) is 0. The van der Waals surface area contributed by atoms with Gasteiger partial charge in [-0.25, -0.2) is 9.97 Å². The first-order chi connectivity index (χ1) is 15.5. The van der Waals surface area contributed by atoms with Crippen LogP contribution in [-0.4, -0.2) is 16.5 Å². The van der Waals surface area contributed by atoms with Gasteiger partial charge >= 0.3 is 6.18 Å². The van der Waals surface area contributed by atoms with E-state index in [0.717, 1.165) is 36.5 Å². The molecule has 1 heterocycles. The highest BCUT2D eigenvalue weighted by Gasteiger charge is 2.36. The number of alkyl halides is 3. The molecule has 1 saturated carbocycles. The number of hydrogen-bond acceptors (Lipinski definition) is 4. The third-order valence-electron chi connectivity index (χ3n) is 5.83. The van der Waals surface area contributed by atoms with Crippen molar-refractivity contribution in [1.29, 1.82) is 0 Å². The Kier molecular flexibility index (Phi) is 7.04. The molecule has 4 rings (SSSR count). The number of anilines is 2. The summed E-state index contributed by atoms with van der Waals surface area (Å²) in [5, 5.41) is -0.0812.